The van der Waals surface area contributed by atoms with Gasteiger partial charge in [-0.25, -0.2) is 13.6 Å². The second kappa shape index (κ2) is 6.59. The molecule has 0 bridgehead atoms. The predicted molar refractivity (Wildman–Crippen MR) is 78.2 cm³/mol. The van der Waals surface area contributed by atoms with Crippen LogP contribution in [0.15, 0.2) is 12.1 Å². The third kappa shape index (κ3) is 5.38. The van der Waals surface area contributed by atoms with E-state index < -0.39 is 10.0 Å². The van der Waals surface area contributed by atoms with E-state index in [-0.39, 0.29) is 11.7 Å². The number of benzene rings is 1. The van der Waals surface area contributed by atoms with Gasteiger partial charge in [0, 0.05) is 10.9 Å². The molecule has 4 nitrogen and oxygen atoms in total. The number of primary sulfonamides is 1. The fourth-order valence-corrected chi connectivity index (χ4v) is 2.91. The molecular weight excluding hydrogens is 286 g/mol. The van der Waals surface area contributed by atoms with Crippen molar-refractivity contribution in [1.82, 2.24) is 0 Å². The average molecular weight is 306 g/mol. The molecule has 0 aliphatic heterocycles. The van der Waals surface area contributed by atoms with Gasteiger partial charge in [-0.2, -0.15) is 0 Å². The van der Waals surface area contributed by atoms with E-state index in [2.05, 4.69) is 0 Å². The van der Waals surface area contributed by atoms with E-state index >= 15 is 0 Å². The Balaban J connectivity index is 2.70. The van der Waals surface area contributed by atoms with Gasteiger partial charge in [0.2, 0.25) is 10.0 Å². The second-order valence-corrected chi connectivity index (χ2v) is 6.82. The monoisotopic (exact) mass is 305 g/mol. The van der Waals surface area contributed by atoms with Gasteiger partial charge in [-0.1, -0.05) is 18.5 Å². The Labute approximate surface area is 120 Å². The van der Waals surface area contributed by atoms with Gasteiger partial charge in [0.05, 0.1) is 12.4 Å². The van der Waals surface area contributed by atoms with Gasteiger partial charge in [-0.3, -0.25) is 0 Å². The highest BCUT2D eigenvalue weighted by Crippen LogP contribution is 2.26. The Hall–Kier alpha value is -0.780. The third-order valence-electron chi connectivity index (χ3n) is 2.94. The molecule has 0 amide bonds. The fourth-order valence-electron chi connectivity index (χ4n) is 1.82. The highest BCUT2D eigenvalue weighted by atomic mass is 35.5. The number of rotatable bonds is 6. The number of ether oxygens (including phenoxy) is 1. The minimum atomic E-state index is -3.46. The summed E-state index contributed by atoms with van der Waals surface area (Å²) in [6.45, 7) is 6.05. The van der Waals surface area contributed by atoms with Crippen LogP contribution in [0.1, 0.15) is 24.5 Å². The van der Waals surface area contributed by atoms with E-state index in [0.717, 1.165) is 16.1 Å². The van der Waals surface area contributed by atoms with Gasteiger partial charge in [0.15, 0.2) is 0 Å². The summed E-state index contributed by atoms with van der Waals surface area (Å²) in [5.41, 5.74) is 1.88. The molecule has 2 N–H and O–H groups in total. The van der Waals surface area contributed by atoms with Crippen LogP contribution in [0.4, 0.5) is 0 Å². The van der Waals surface area contributed by atoms with E-state index in [1.54, 1.807) is 0 Å². The summed E-state index contributed by atoms with van der Waals surface area (Å²) in [5, 5.41) is 5.77. The van der Waals surface area contributed by atoms with Crippen molar-refractivity contribution in [2.24, 2.45) is 11.1 Å². The maximum atomic E-state index is 11.1. The molecule has 1 rings (SSSR count). The molecule has 19 heavy (non-hydrogen) atoms. The summed E-state index contributed by atoms with van der Waals surface area (Å²) in [6.07, 6.45) is 0.696. The molecule has 0 aromatic heterocycles. The lowest BCUT2D eigenvalue weighted by molar-refractivity contribution is 0.257. The SMILES string of the molecule is CCC(COc1cc(C)c(Cl)c(C)c1)CS(N)(=O)=O. The summed E-state index contributed by atoms with van der Waals surface area (Å²) in [7, 11) is -3.46. The highest BCUT2D eigenvalue weighted by Gasteiger charge is 2.15. The van der Waals surface area contributed by atoms with Crippen molar-refractivity contribution in [2.45, 2.75) is 27.2 Å². The Morgan fingerprint density at radius 3 is 2.26 bits per heavy atom. The van der Waals surface area contributed by atoms with Crippen molar-refractivity contribution in [1.29, 1.82) is 0 Å². The van der Waals surface area contributed by atoms with Gasteiger partial charge < -0.3 is 4.74 Å². The van der Waals surface area contributed by atoms with E-state index in [4.69, 9.17) is 21.5 Å². The molecule has 0 heterocycles. The van der Waals surface area contributed by atoms with Crippen LogP contribution in [0, 0.1) is 19.8 Å². The minimum Gasteiger partial charge on any atom is -0.493 e. The number of hydrogen-bond donors (Lipinski definition) is 1. The molecule has 108 valence electrons. The van der Waals surface area contributed by atoms with E-state index in [1.807, 2.05) is 32.9 Å². The van der Waals surface area contributed by atoms with E-state index in [1.165, 1.54) is 0 Å². The second-order valence-electron chi connectivity index (χ2n) is 4.79. The first kappa shape index (κ1) is 16.3. The van der Waals surface area contributed by atoms with Gasteiger partial charge in [-0.15, -0.1) is 0 Å². The maximum absolute atomic E-state index is 11.1. The lowest BCUT2D eigenvalue weighted by Gasteiger charge is -2.16. The van der Waals surface area contributed by atoms with Crippen molar-refractivity contribution in [3.8, 4) is 5.75 Å². The van der Waals surface area contributed by atoms with Crippen molar-refractivity contribution in [2.75, 3.05) is 12.4 Å². The molecule has 0 aliphatic rings. The number of halogens is 1. The Morgan fingerprint density at radius 2 is 1.84 bits per heavy atom. The van der Waals surface area contributed by atoms with E-state index in [9.17, 15) is 8.42 Å². The van der Waals surface area contributed by atoms with Crippen LogP contribution in [0.5, 0.6) is 5.75 Å². The quantitative estimate of drug-likeness (QED) is 0.878. The van der Waals surface area contributed by atoms with Crippen molar-refractivity contribution in [3.05, 3.63) is 28.3 Å². The predicted octanol–water partition coefficient (Wildman–Crippen LogP) is 2.65. The zero-order valence-electron chi connectivity index (χ0n) is 11.4. The summed E-state index contributed by atoms with van der Waals surface area (Å²) in [6, 6.07) is 3.69. The summed E-state index contributed by atoms with van der Waals surface area (Å²) in [5.74, 6) is 0.535. The van der Waals surface area contributed by atoms with Crippen LogP contribution >= 0.6 is 11.6 Å². The Kier molecular flexibility index (Phi) is 5.64. The van der Waals surface area contributed by atoms with Crippen molar-refractivity contribution in [3.63, 3.8) is 0 Å². The summed E-state index contributed by atoms with van der Waals surface area (Å²) in [4.78, 5) is 0. The van der Waals surface area contributed by atoms with Crippen molar-refractivity contribution < 1.29 is 13.2 Å². The smallest absolute Gasteiger partial charge is 0.209 e. The van der Waals surface area contributed by atoms with Crippen molar-refractivity contribution >= 4 is 21.6 Å². The maximum Gasteiger partial charge on any atom is 0.209 e. The van der Waals surface area contributed by atoms with Crippen LogP contribution in [0.3, 0.4) is 0 Å². The average Bonchev–Trinajstić information content (AvgIpc) is 2.29. The van der Waals surface area contributed by atoms with Crippen LogP contribution in [0.2, 0.25) is 5.02 Å². The lowest BCUT2D eigenvalue weighted by atomic mass is 10.1. The standard InChI is InChI=1S/C13H20ClNO3S/c1-4-11(8-19(15,16)17)7-18-12-5-9(2)13(14)10(3)6-12/h5-6,11H,4,7-8H2,1-3H3,(H2,15,16,17). The molecule has 6 heteroatoms. The normalized spacial score (nSPS) is 13.3. The number of aryl methyl sites for hydroxylation is 2. The molecule has 1 unspecified atom stereocenters. The first-order chi connectivity index (χ1) is 8.73. The van der Waals surface area contributed by atoms with Gasteiger partial charge in [0.25, 0.3) is 0 Å². The molecule has 0 saturated carbocycles. The van der Waals surface area contributed by atoms with Gasteiger partial charge in [-0.05, 0) is 43.5 Å². The van der Waals surface area contributed by atoms with Crippen LogP contribution in [-0.4, -0.2) is 20.8 Å². The first-order valence-corrected chi connectivity index (χ1v) is 8.22. The molecule has 0 fully saturated rings. The van der Waals surface area contributed by atoms with Gasteiger partial charge >= 0.3 is 0 Å². The minimum absolute atomic E-state index is 0.0605. The highest BCUT2D eigenvalue weighted by molar-refractivity contribution is 7.89. The van der Waals surface area contributed by atoms with Crippen LogP contribution in [0.25, 0.3) is 0 Å². The molecule has 0 saturated heterocycles. The molecule has 1 atom stereocenters. The molecular formula is C13H20ClNO3S. The number of nitrogens with two attached hydrogens (primary N) is 1. The largest absolute Gasteiger partial charge is 0.493 e. The Morgan fingerprint density at radius 1 is 1.32 bits per heavy atom. The van der Waals surface area contributed by atoms with Crippen LogP contribution < -0.4 is 9.88 Å². The number of hydrogen-bond acceptors (Lipinski definition) is 3. The third-order valence-corrected chi connectivity index (χ3v) is 4.47. The number of sulfonamides is 1. The Bertz CT molecular complexity index is 520. The molecule has 0 radical (unpaired) electrons. The lowest BCUT2D eigenvalue weighted by Crippen LogP contribution is -2.26. The molecule has 0 aliphatic carbocycles. The summed E-state index contributed by atoms with van der Waals surface area (Å²) < 4.78 is 27.8. The zero-order chi connectivity index (χ0) is 14.6. The zero-order valence-corrected chi connectivity index (χ0v) is 13.0. The fraction of sp³-hybridized carbons (Fsp3) is 0.538. The van der Waals surface area contributed by atoms with Crippen LogP contribution in [-0.2, 0) is 10.0 Å². The molecule has 1 aromatic rings. The summed E-state index contributed by atoms with van der Waals surface area (Å²) >= 11 is 6.08. The molecule has 0 spiro atoms. The van der Waals surface area contributed by atoms with Gasteiger partial charge in [0.1, 0.15) is 5.75 Å². The van der Waals surface area contributed by atoms with E-state index in [0.29, 0.717) is 18.8 Å². The molecule has 1 aromatic carbocycles. The first-order valence-electron chi connectivity index (χ1n) is 6.13. The topological polar surface area (TPSA) is 69.4 Å².